The lowest BCUT2D eigenvalue weighted by atomic mass is 10.0. The van der Waals surface area contributed by atoms with Gasteiger partial charge in [0.05, 0.1) is 28.6 Å². The number of carbonyl (C=O) groups excluding carboxylic acids is 2. The Bertz CT molecular complexity index is 1240. The van der Waals surface area contributed by atoms with Crippen LogP contribution in [0.5, 0.6) is 0 Å². The third kappa shape index (κ3) is 5.48. The number of sulfone groups is 1. The molecule has 4 rings (SSSR count). The second kappa shape index (κ2) is 9.85. The maximum atomic E-state index is 14.7. The highest BCUT2D eigenvalue weighted by atomic mass is 35.5. The Kier molecular flexibility index (Phi) is 7.06. The van der Waals surface area contributed by atoms with Crippen LogP contribution in [0.25, 0.3) is 0 Å². The molecule has 0 bridgehead atoms. The van der Waals surface area contributed by atoms with Crippen LogP contribution in [0.2, 0.25) is 5.02 Å². The Morgan fingerprint density at radius 1 is 1.18 bits per heavy atom. The second-order valence-corrected chi connectivity index (χ2v) is 10.8. The molecule has 0 saturated carbocycles. The molecule has 2 aliphatic rings. The maximum absolute atomic E-state index is 14.7. The summed E-state index contributed by atoms with van der Waals surface area (Å²) in [6.07, 6.45) is -0.116. The summed E-state index contributed by atoms with van der Waals surface area (Å²) in [6.45, 7) is 0.143. The van der Waals surface area contributed by atoms with Crippen LogP contribution in [0.4, 0.5) is 19.3 Å². The molecule has 1 unspecified atom stereocenters. The van der Waals surface area contributed by atoms with E-state index >= 15 is 0 Å². The van der Waals surface area contributed by atoms with Gasteiger partial charge in [-0.25, -0.2) is 22.0 Å². The maximum Gasteiger partial charge on any atom is 0.407 e. The van der Waals surface area contributed by atoms with E-state index in [1.54, 1.807) is 0 Å². The number of fused-ring (bicyclic) bond motifs is 1. The zero-order valence-electron chi connectivity index (χ0n) is 17.9. The summed E-state index contributed by atoms with van der Waals surface area (Å²) in [6, 6.07) is 5.03. The molecule has 1 saturated heterocycles. The fourth-order valence-electron chi connectivity index (χ4n) is 4.18. The van der Waals surface area contributed by atoms with E-state index in [9.17, 15) is 26.8 Å². The molecule has 182 valence electrons. The normalized spacial score (nSPS) is 20.9. The largest absolute Gasteiger partial charge is 0.448 e. The summed E-state index contributed by atoms with van der Waals surface area (Å²) in [5, 5.41) is 8.04. The van der Waals surface area contributed by atoms with E-state index in [-0.39, 0.29) is 46.5 Å². The van der Waals surface area contributed by atoms with Gasteiger partial charge in [0.1, 0.15) is 18.2 Å². The SMILES string of the molecule is O=C(N[C@H]1CCc2c(C(=O)Nc3ccc(F)c(Cl)c3)ccc(F)c21)OCC1CS(=O)(=O)CCN1. The van der Waals surface area contributed by atoms with E-state index in [0.717, 1.165) is 12.1 Å². The molecule has 2 amide bonds. The van der Waals surface area contributed by atoms with Gasteiger partial charge in [-0.15, -0.1) is 0 Å². The molecular weight excluding hydrogens is 492 g/mol. The van der Waals surface area contributed by atoms with Crippen molar-refractivity contribution in [3.8, 4) is 0 Å². The standard InChI is InChI=1S/C22H22ClF2N3O5S/c23-16-9-12(1-4-17(16)24)27-21(29)15-2-5-18(25)20-14(15)3-6-19(20)28-22(30)33-10-13-11-34(31,32)8-7-26-13/h1-2,4-5,9,13,19,26H,3,6-8,10-11H2,(H,27,29)(H,28,30)/t13?,19-/m0/s1. The third-order valence-electron chi connectivity index (χ3n) is 5.77. The number of halogens is 3. The lowest BCUT2D eigenvalue weighted by molar-refractivity contribution is 0.102. The quantitative estimate of drug-likeness (QED) is 0.566. The van der Waals surface area contributed by atoms with Crippen molar-refractivity contribution < 1.29 is 31.5 Å². The second-order valence-electron chi connectivity index (χ2n) is 8.17. The van der Waals surface area contributed by atoms with Gasteiger partial charge in [-0.05, 0) is 48.7 Å². The number of benzene rings is 2. The van der Waals surface area contributed by atoms with E-state index in [1.807, 2.05) is 0 Å². The van der Waals surface area contributed by atoms with Crippen molar-refractivity contribution in [2.45, 2.75) is 24.9 Å². The van der Waals surface area contributed by atoms with Gasteiger partial charge in [0, 0.05) is 23.4 Å². The fourth-order valence-corrected chi connectivity index (χ4v) is 5.78. The molecule has 2 aromatic rings. The zero-order chi connectivity index (χ0) is 24.5. The average Bonchev–Trinajstić information content (AvgIpc) is 3.19. The highest BCUT2D eigenvalue weighted by Crippen LogP contribution is 2.36. The molecule has 2 atom stereocenters. The number of ether oxygens (including phenoxy) is 1. The number of amides is 2. The van der Waals surface area contributed by atoms with Gasteiger partial charge in [0.15, 0.2) is 9.84 Å². The molecule has 1 fully saturated rings. The smallest absolute Gasteiger partial charge is 0.407 e. The summed E-state index contributed by atoms with van der Waals surface area (Å²) >= 11 is 5.75. The molecule has 2 aromatic carbocycles. The van der Waals surface area contributed by atoms with Gasteiger partial charge in [0.2, 0.25) is 0 Å². The number of alkyl carbamates (subject to hydrolysis) is 1. The van der Waals surface area contributed by atoms with E-state index in [0.29, 0.717) is 18.4 Å². The summed E-state index contributed by atoms with van der Waals surface area (Å²) in [4.78, 5) is 25.1. The molecule has 1 aliphatic carbocycles. The van der Waals surface area contributed by atoms with Crippen LogP contribution in [-0.2, 0) is 21.0 Å². The van der Waals surface area contributed by atoms with Gasteiger partial charge in [0.25, 0.3) is 5.91 Å². The Hall–Kier alpha value is -2.76. The molecule has 3 N–H and O–H groups in total. The minimum Gasteiger partial charge on any atom is -0.448 e. The van der Waals surface area contributed by atoms with Crippen LogP contribution in [-0.4, -0.2) is 51.1 Å². The van der Waals surface area contributed by atoms with Gasteiger partial charge >= 0.3 is 6.09 Å². The number of hydrogen-bond donors (Lipinski definition) is 3. The van der Waals surface area contributed by atoms with E-state index < -0.39 is 45.6 Å². The Morgan fingerprint density at radius 2 is 1.94 bits per heavy atom. The summed E-state index contributed by atoms with van der Waals surface area (Å²) in [7, 11) is -3.18. The Morgan fingerprint density at radius 3 is 2.68 bits per heavy atom. The third-order valence-corrected chi connectivity index (χ3v) is 7.79. The minimum atomic E-state index is -3.18. The highest BCUT2D eigenvalue weighted by molar-refractivity contribution is 7.91. The van der Waals surface area contributed by atoms with Crippen molar-refractivity contribution in [1.82, 2.24) is 10.6 Å². The fraction of sp³-hybridized carbons (Fsp3) is 0.364. The molecule has 34 heavy (non-hydrogen) atoms. The molecule has 0 spiro atoms. The molecular formula is C22H22ClF2N3O5S. The van der Waals surface area contributed by atoms with Crippen LogP contribution in [0.15, 0.2) is 30.3 Å². The van der Waals surface area contributed by atoms with Crippen molar-refractivity contribution in [2.24, 2.45) is 0 Å². The Labute approximate surface area is 199 Å². The lowest BCUT2D eigenvalue weighted by Gasteiger charge is -2.23. The topological polar surface area (TPSA) is 114 Å². The molecule has 8 nitrogen and oxygen atoms in total. The van der Waals surface area contributed by atoms with Crippen molar-refractivity contribution >= 4 is 39.1 Å². The van der Waals surface area contributed by atoms with Crippen LogP contribution < -0.4 is 16.0 Å². The van der Waals surface area contributed by atoms with Crippen molar-refractivity contribution in [2.75, 3.05) is 30.0 Å². The number of rotatable bonds is 5. The van der Waals surface area contributed by atoms with E-state index in [4.69, 9.17) is 16.3 Å². The molecule has 0 radical (unpaired) electrons. The van der Waals surface area contributed by atoms with Crippen molar-refractivity contribution in [3.63, 3.8) is 0 Å². The summed E-state index contributed by atoms with van der Waals surface area (Å²) < 4.78 is 56.6. The molecule has 12 heteroatoms. The van der Waals surface area contributed by atoms with Crippen LogP contribution in [0, 0.1) is 11.6 Å². The predicted molar refractivity (Wildman–Crippen MR) is 122 cm³/mol. The van der Waals surface area contributed by atoms with Gasteiger partial charge < -0.3 is 20.7 Å². The van der Waals surface area contributed by atoms with Gasteiger partial charge in [-0.1, -0.05) is 11.6 Å². The first kappa shape index (κ1) is 24.4. The average molecular weight is 514 g/mol. The first-order chi connectivity index (χ1) is 16.1. The van der Waals surface area contributed by atoms with E-state index in [2.05, 4.69) is 16.0 Å². The number of nitrogens with one attached hydrogen (secondary N) is 3. The minimum absolute atomic E-state index is 0.0396. The summed E-state index contributed by atoms with van der Waals surface area (Å²) in [5.41, 5.74) is 1.16. The summed E-state index contributed by atoms with van der Waals surface area (Å²) in [5.74, 6) is -1.80. The van der Waals surface area contributed by atoms with Gasteiger partial charge in [-0.3, -0.25) is 4.79 Å². The first-order valence-corrected chi connectivity index (χ1v) is 12.8. The number of carbonyl (C=O) groups is 2. The molecule has 1 heterocycles. The first-order valence-electron chi connectivity index (χ1n) is 10.6. The van der Waals surface area contributed by atoms with Crippen LogP contribution >= 0.6 is 11.6 Å². The number of hydrogen-bond acceptors (Lipinski definition) is 6. The lowest BCUT2D eigenvalue weighted by Crippen LogP contribution is -2.48. The van der Waals surface area contributed by atoms with Crippen molar-refractivity contribution in [3.05, 3.63) is 63.7 Å². The molecule has 0 aromatic heterocycles. The predicted octanol–water partition coefficient (Wildman–Crippen LogP) is 2.97. The van der Waals surface area contributed by atoms with Crippen molar-refractivity contribution in [1.29, 1.82) is 0 Å². The Balaban J connectivity index is 1.42. The van der Waals surface area contributed by atoms with Crippen LogP contribution in [0.3, 0.4) is 0 Å². The highest BCUT2D eigenvalue weighted by Gasteiger charge is 2.32. The van der Waals surface area contributed by atoms with E-state index in [1.165, 1.54) is 18.2 Å². The number of anilines is 1. The van der Waals surface area contributed by atoms with Gasteiger partial charge in [-0.2, -0.15) is 0 Å². The monoisotopic (exact) mass is 513 g/mol. The van der Waals surface area contributed by atoms with Crippen LogP contribution in [0.1, 0.15) is 33.9 Å². The molecule has 1 aliphatic heterocycles. The zero-order valence-corrected chi connectivity index (χ0v) is 19.4.